The highest BCUT2D eigenvalue weighted by Gasteiger charge is 2.44. The van der Waals surface area contributed by atoms with E-state index in [4.69, 9.17) is 0 Å². The normalized spacial score (nSPS) is 12.5. The Bertz CT molecular complexity index is 347. The van der Waals surface area contributed by atoms with Gasteiger partial charge in [0.05, 0.1) is 3.57 Å². The number of nitrogens with one attached hydrogen (secondary N) is 1. The Morgan fingerprint density at radius 2 is 1.79 bits per heavy atom. The number of carbonyl (C=O) groups is 1. The summed E-state index contributed by atoms with van der Waals surface area (Å²) in [4.78, 5) is 10.4. The summed E-state index contributed by atoms with van der Waals surface area (Å²) in [6, 6.07) is 8.57. The van der Waals surface area contributed by atoms with Crippen LogP contribution < -0.4 is 3.15 Å². The number of rotatable bonds is 1. The third-order valence-electron chi connectivity index (χ3n) is 1.23. The molecule has 1 rings (SSSR count). The minimum Gasteiger partial charge on any atom is -0.208 e. The lowest BCUT2D eigenvalue weighted by atomic mass is 10.4. The maximum absolute atomic E-state index is 11.8. The molecule has 6 heteroatoms. The van der Waals surface area contributed by atoms with Crippen LogP contribution >= 0.6 is 21.0 Å². The summed E-state index contributed by atoms with van der Waals surface area (Å²) in [5.74, 6) is -1.87. The molecule has 0 radical (unpaired) electrons. The van der Waals surface area contributed by atoms with Gasteiger partial charge in [-0.2, -0.15) is 16.3 Å². The molecule has 1 N–H and O–H groups in total. The molecule has 0 unspecified atom stereocenters. The molecule has 0 spiro atoms. The minimum atomic E-state index is -4.78. The van der Waals surface area contributed by atoms with Crippen LogP contribution in [0.5, 0.6) is 0 Å². The quantitative estimate of drug-likeness (QED) is 0.775. The number of hydrogen-bond acceptors (Lipinski definition) is 1. The second-order valence-electron chi connectivity index (χ2n) is 2.31. The van der Waals surface area contributed by atoms with E-state index in [2.05, 4.69) is 0 Å². The van der Waals surface area contributed by atoms with Crippen molar-refractivity contribution in [2.24, 2.45) is 0 Å². The summed E-state index contributed by atoms with van der Waals surface area (Å²) in [5, 5.41) is 0. The fraction of sp³-hybridized carbons (Fsp3) is 0.125. The lowest BCUT2D eigenvalue weighted by molar-refractivity contribution is -0.363. The van der Waals surface area contributed by atoms with Gasteiger partial charge >= 0.3 is 12.1 Å². The van der Waals surface area contributed by atoms with Crippen LogP contribution in [-0.4, -0.2) is 12.1 Å². The maximum Gasteiger partial charge on any atom is 0.521 e. The molecule has 0 aliphatic heterocycles. The Morgan fingerprint density at radius 1 is 1.21 bits per heavy atom. The van der Waals surface area contributed by atoms with Gasteiger partial charge in [-0.25, -0.2) is 4.79 Å². The molecule has 0 aromatic heterocycles. The third-order valence-corrected chi connectivity index (χ3v) is 3.33. The van der Waals surface area contributed by atoms with Crippen molar-refractivity contribution in [2.45, 2.75) is 6.18 Å². The summed E-state index contributed by atoms with van der Waals surface area (Å²) in [6.45, 7) is 0. The largest absolute Gasteiger partial charge is 0.521 e. The summed E-state index contributed by atoms with van der Waals surface area (Å²) in [6.07, 6.45) is -4.78. The van der Waals surface area contributed by atoms with Gasteiger partial charge in [-0.05, 0) is 12.1 Å². The zero-order valence-electron chi connectivity index (χ0n) is 6.81. The minimum absolute atomic E-state index is 0.740. The molecule has 2 nitrogen and oxygen atoms in total. The monoisotopic (exact) mass is 316 g/mol. The Balaban J connectivity index is 2.71. The summed E-state index contributed by atoms with van der Waals surface area (Å²) < 4.78 is 37.9. The van der Waals surface area contributed by atoms with Crippen LogP contribution in [0.1, 0.15) is 0 Å². The molecule has 0 saturated heterocycles. The zero-order valence-corrected chi connectivity index (χ0v) is 8.96. The maximum atomic E-state index is 11.8. The topological polar surface area (TPSA) is 31.0 Å². The molecule has 14 heavy (non-hydrogen) atoms. The molecule has 1 amide bonds. The van der Waals surface area contributed by atoms with Crippen LogP contribution in [0.3, 0.4) is 0 Å². The molecule has 0 aliphatic rings. The van der Waals surface area contributed by atoms with Gasteiger partial charge in [0.1, 0.15) is 0 Å². The van der Waals surface area contributed by atoms with Gasteiger partial charge in [-0.1, -0.05) is 18.2 Å². The first-order valence-corrected chi connectivity index (χ1v) is 5.72. The summed E-state index contributed by atoms with van der Waals surface area (Å²) in [7, 11) is 0. The van der Waals surface area contributed by atoms with Crippen molar-refractivity contribution >= 4 is 26.9 Å². The fourth-order valence-corrected chi connectivity index (χ4v) is 2.27. The zero-order chi connectivity index (χ0) is 10.6. The highest BCUT2D eigenvalue weighted by Crippen LogP contribution is 2.12. The first kappa shape index (κ1) is 11.3. The van der Waals surface area contributed by atoms with Gasteiger partial charge in [-0.15, -0.1) is 0 Å². The second kappa shape index (κ2) is 4.63. The molecular weight excluding hydrogens is 310 g/mol. The highest BCUT2D eigenvalue weighted by atomic mass is 127. The van der Waals surface area contributed by atoms with E-state index in [0.29, 0.717) is 0 Å². The van der Waals surface area contributed by atoms with Crippen molar-refractivity contribution in [2.75, 3.05) is 0 Å². The van der Waals surface area contributed by atoms with Crippen molar-refractivity contribution < 1.29 is 21.1 Å². The van der Waals surface area contributed by atoms with Crippen molar-refractivity contribution in [3.8, 4) is 0 Å². The van der Waals surface area contributed by atoms with Crippen LogP contribution in [0.25, 0.3) is 0 Å². The van der Waals surface area contributed by atoms with Gasteiger partial charge in [0.2, 0.25) is 21.0 Å². The molecule has 0 fully saturated rings. The van der Waals surface area contributed by atoms with Gasteiger partial charge in [0, 0.05) is 0 Å². The molecule has 0 saturated carbocycles. The number of carbonyl (C=O) groups excluding carboxylic acids is 1. The Kier molecular flexibility index (Phi) is 3.73. The fourth-order valence-electron chi connectivity index (χ4n) is 0.629. The predicted octanol–water partition coefficient (Wildman–Crippen LogP) is 1.18. The average molecular weight is 316 g/mol. The van der Waals surface area contributed by atoms with Crippen molar-refractivity contribution in [3.63, 3.8) is 0 Å². The highest BCUT2D eigenvalue weighted by molar-refractivity contribution is 14.1. The molecule has 1 aromatic carbocycles. The van der Waals surface area contributed by atoms with Crippen molar-refractivity contribution in [1.29, 1.82) is 0 Å². The number of alkyl halides is 3. The van der Waals surface area contributed by atoms with Crippen molar-refractivity contribution in [3.05, 3.63) is 33.9 Å². The van der Waals surface area contributed by atoms with Gasteiger partial charge in [0.15, 0.2) is 0 Å². The van der Waals surface area contributed by atoms with Crippen LogP contribution in [0.15, 0.2) is 30.3 Å². The molecule has 0 aliphatic carbocycles. The Morgan fingerprint density at radius 3 is 2.29 bits per heavy atom. The van der Waals surface area contributed by atoms with Crippen molar-refractivity contribution in [1.82, 2.24) is 0 Å². The standard InChI is InChI=1S/C8H5F3INO/c9-8(10,11)7(14)13-12-6-4-2-1-3-5-6/h1-5H/p+1. The third kappa shape index (κ3) is 3.52. The van der Waals surface area contributed by atoms with Gasteiger partial charge < -0.3 is 0 Å². The first-order chi connectivity index (χ1) is 6.50. The van der Waals surface area contributed by atoms with Gasteiger partial charge in [-0.3, -0.25) is 0 Å². The Labute approximate surface area is 88.3 Å². The predicted molar refractivity (Wildman–Crippen MR) is 51.2 cm³/mol. The molecule has 1 aromatic rings. The first-order valence-electron chi connectivity index (χ1n) is 3.56. The van der Waals surface area contributed by atoms with Crippen LogP contribution in [0, 0.1) is 3.57 Å². The van der Waals surface area contributed by atoms with E-state index in [1.54, 1.807) is 30.3 Å². The van der Waals surface area contributed by atoms with E-state index in [0.717, 1.165) is 3.57 Å². The number of hydrogen-bond donors (Lipinski definition) is 1. The van der Waals surface area contributed by atoms with E-state index in [-0.39, 0.29) is 0 Å². The number of amides is 1. The lowest BCUT2D eigenvalue weighted by Crippen LogP contribution is -2.73. The smallest absolute Gasteiger partial charge is 0.208 e. The SMILES string of the molecule is O=C([NH+]=Ic1ccccc1)C(F)(F)F. The molecule has 0 heterocycles. The average Bonchev–Trinajstić information content (AvgIpc) is 2.14. The lowest BCUT2D eigenvalue weighted by Gasteiger charge is -1.92. The number of halogens is 4. The van der Waals surface area contributed by atoms with Gasteiger partial charge in [0.25, 0.3) is 0 Å². The summed E-state index contributed by atoms with van der Waals surface area (Å²) >= 11 is -1.10. The van der Waals surface area contributed by atoms with E-state index < -0.39 is 33.1 Å². The van der Waals surface area contributed by atoms with E-state index in [9.17, 15) is 18.0 Å². The number of benzene rings is 1. The van der Waals surface area contributed by atoms with Crippen LogP contribution in [0.4, 0.5) is 13.2 Å². The Hall–Kier alpha value is -0.790. The molecule has 76 valence electrons. The second-order valence-corrected chi connectivity index (χ2v) is 4.64. The van der Waals surface area contributed by atoms with E-state index in [1.807, 2.05) is 3.15 Å². The van der Waals surface area contributed by atoms with E-state index >= 15 is 0 Å². The molecular formula is C8H6F3INO+. The van der Waals surface area contributed by atoms with E-state index in [1.165, 1.54) is 0 Å². The molecule has 0 bridgehead atoms. The molecule has 0 atom stereocenters. The van der Waals surface area contributed by atoms with Crippen LogP contribution in [-0.2, 0) is 4.79 Å². The summed E-state index contributed by atoms with van der Waals surface area (Å²) in [5.41, 5.74) is 0. The van der Waals surface area contributed by atoms with Crippen LogP contribution in [0.2, 0.25) is 0 Å².